The zero-order valence-electron chi connectivity index (χ0n) is 12.5. The number of hydrogen-bond donors (Lipinski definition) is 1. The van der Waals surface area contributed by atoms with E-state index in [4.69, 9.17) is 0 Å². The van der Waals surface area contributed by atoms with Gasteiger partial charge in [0.25, 0.3) is 5.56 Å². The molecule has 1 aromatic carbocycles. The van der Waals surface area contributed by atoms with E-state index in [1.54, 1.807) is 44.6 Å². The van der Waals surface area contributed by atoms with Crippen LogP contribution in [-0.4, -0.2) is 23.0 Å². The van der Waals surface area contributed by atoms with Gasteiger partial charge in [-0.1, -0.05) is 18.2 Å². The molecule has 7 heteroatoms. The molecule has 2 aromatic rings. The molecule has 0 aliphatic rings. The van der Waals surface area contributed by atoms with Crippen LogP contribution in [0.5, 0.6) is 0 Å². The molecular weight excluding hydrogens is 290 g/mol. The van der Waals surface area contributed by atoms with Crippen LogP contribution in [0.1, 0.15) is 19.5 Å². The maximum Gasteiger partial charge on any atom is 0.296 e. The largest absolute Gasteiger partial charge is 0.296 e. The lowest BCUT2D eigenvalue weighted by Gasteiger charge is -2.09. The van der Waals surface area contributed by atoms with E-state index in [2.05, 4.69) is 4.72 Å². The summed E-state index contributed by atoms with van der Waals surface area (Å²) in [6.07, 6.45) is 0. The highest BCUT2D eigenvalue weighted by atomic mass is 32.2. The van der Waals surface area contributed by atoms with Gasteiger partial charge < -0.3 is 0 Å². The first kappa shape index (κ1) is 15.4. The number of nitrogens with zero attached hydrogens (tertiary/aromatic N) is 2. The van der Waals surface area contributed by atoms with E-state index in [1.807, 2.05) is 18.2 Å². The Morgan fingerprint density at radius 1 is 1.14 bits per heavy atom. The summed E-state index contributed by atoms with van der Waals surface area (Å²) in [6.45, 7) is 4.84. The number of nitrogens with one attached hydrogen (secondary N) is 1. The van der Waals surface area contributed by atoms with Crippen molar-refractivity contribution in [2.75, 3.05) is 4.72 Å². The predicted molar refractivity (Wildman–Crippen MR) is 83.4 cm³/mol. The van der Waals surface area contributed by atoms with E-state index >= 15 is 0 Å². The number of benzene rings is 1. The van der Waals surface area contributed by atoms with Gasteiger partial charge in [0.15, 0.2) is 0 Å². The van der Waals surface area contributed by atoms with Crippen molar-refractivity contribution < 1.29 is 8.42 Å². The predicted octanol–water partition coefficient (Wildman–Crippen LogP) is 1.63. The second-order valence-electron chi connectivity index (χ2n) is 5.13. The van der Waals surface area contributed by atoms with Crippen molar-refractivity contribution in [2.45, 2.75) is 26.0 Å². The summed E-state index contributed by atoms with van der Waals surface area (Å²) < 4.78 is 29.5. The number of rotatable bonds is 4. The second-order valence-corrected chi connectivity index (χ2v) is 7.37. The maximum atomic E-state index is 12.5. The maximum absolute atomic E-state index is 12.5. The molecule has 6 nitrogen and oxygen atoms in total. The Morgan fingerprint density at radius 3 is 2.24 bits per heavy atom. The Hall–Kier alpha value is -2.02. The molecule has 0 saturated carbocycles. The van der Waals surface area contributed by atoms with Crippen molar-refractivity contribution in [2.24, 2.45) is 7.05 Å². The van der Waals surface area contributed by atoms with Gasteiger partial charge in [-0.3, -0.25) is 14.2 Å². The fraction of sp³-hybridized carbons (Fsp3) is 0.357. The van der Waals surface area contributed by atoms with Gasteiger partial charge in [0, 0.05) is 7.05 Å². The summed E-state index contributed by atoms with van der Waals surface area (Å²) in [5.41, 5.74) is 0.955. The highest BCUT2D eigenvalue weighted by Crippen LogP contribution is 2.16. The van der Waals surface area contributed by atoms with Crippen LogP contribution in [-0.2, 0) is 17.1 Å². The molecule has 0 spiro atoms. The molecule has 21 heavy (non-hydrogen) atoms. The number of hydrogen-bond acceptors (Lipinski definition) is 3. The molecule has 0 bridgehead atoms. The molecule has 0 atom stereocenters. The van der Waals surface area contributed by atoms with Gasteiger partial charge in [0.05, 0.1) is 16.6 Å². The third kappa shape index (κ3) is 2.73. The Morgan fingerprint density at radius 2 is 1.71 bits per heavy atom. The van der Waals surface area contributed by atoms with Crippen LogP contribution < -0.4 is 10.3 Å². The molecule has 0 saturated heterocycles. The molecule has 114 valence electrons. The Labute approximate surface area is 124 Å². The Bertz CT molecular complexity index is 802. The van der Waals surface area contributed by atoms with E-state index in [-0.39, 0.29) is 11.2 Å². The first-order valence-electron chi connectivity index (χ1n) is 6.61. The lowest BCUT2D eigenvalue weighted by atomic mass is 10.3. The molecule has 1 N–H and O–H groups in total. The van der Waals surface area contributed by atoms with Gasteiger partial charge in [0.2, 0.25) is 10.0 Å². The Balaban J connectivity index is 2.60. The topological polar surface area (TPSA) is 73.1 Å². The zero-order valence-corrected chi connectivity index (χ0v) is 13.3. The fourth-order valence-corrected chi connectivity index (χ4v) is 2.70. The van der Waals surface area contributed by atoms with Crippen LogP contribution in [0, 0.1) is 6.92 Å². The quantitative estimate of drug-likeness (QED) is 0.933. The van der Waals surface area contributed by atoms with Crippen LogP contribution >= 0.6 is 0 Å². The highest BCUT2D eigenvalue weighted by Gasteiger charge is 2.22. The van der Waals surface area contributed by atoms with E-state index < -0.39 is 15.3 Å². The lowest BCUT2D eigenvalue weighted by Crippen LogP contribution is -2.27. The Kier molecular flexibility index (Phi) is 3.95. The van der Waals surface area contributed by atoms with Crippen LogP contribution in [0.25, 0.3) is 5.69 Å². The third-order valence-corrected chi connectivity index (χ3v) is 5.15. The number of sulfonamides is 1. The monoisotopic (exact) mass is 309 g/mol. The van der Waals surface area contributed by atoms with Crippen LogP contribution in [0.4, 0.5) is 5.69 Å². The summed E-state index contributed by atoms with van der Waals surface area (Å²) in [4.78, 5) is 12.5. The molecule has 2 rings (SSSR count). The van der Waals surface area contributed by atoms with E-state index in [0.717, 1.165) is 0 Å². The van der Waals surface area contributed by atoms with E-state index in [1.165, 1.54) is 4.68 Å². The first-order valence-corrected chi connectivity index (χ1v) is 8.16. The summed E-state index contributed by atoms with van der Waals surface area (Å²) in [7, 11) is -1.84. The van der Waals surface area contributed by atoms with Crippen molar-refractivity contribution in [1.29, 1.82) is 0 Å². The molecule has 1 heterocycles. The van der Waals surface area contributed by atoms with Gasteiger partial charge in [-0.2, -0.15) is 0 Å². The number of aromatic nitrogens is 2. The number of anilines is 1. The summed E-state index contributed by atoms with van der Waals surface area (Å²) in [5.74, 6) is 0. The summed E-state index contributed by atoms with van der Waals surface area (Å²) in [6, 6.07) is 9.08. The van der Waals surface area contributed by atoms with Crippen molar-refractivity contribution >= 4 is 15.7 Å². The van der Waals surface area contributed by atoms with Gasteiger partial charge >= 0.3 is 0 Å². The van der Waals surface area contributed by atoms with E-state index in [9.17, 15) is 13.2 Å². The van der Waals surface area contributed by atoms with Crippen LogP contribution in [0.2, 0.25) is 0 Å². The van der Waals surface area contributed by atoms with Crippen molar-refractivity contribution in [1.82, 2.24) is 9.36 Å². The average Bonchev–Trinajstić information content (AvgIpc) is 2.63. The zero-order chi connectivity index (χ0) is 15.8. The van der Waals surface area contributed by atoms with Crippen molar-refractivity contribution in [3.63, 3.8) is 0 Å². The van der Waals surface area contributed by atoms with Crippen molar-refractivity contribution in [3.05, 3.63) is 46.4 Å². The smallest absolute Gasteiger partial charge is 0.283 e. The van der Waals surface area contributed by atoms with Gasteiger partial charge in [-0.15, -0.1) is 0 Å². The minimum absolute atomic E-state index is 0.0926. The second kappa shape index (κ2) is 5.40. The molecule has 0 radical (unpaired) electrons. The number of para-hydroxylation sites is 1. The standard InChI is InChI=1S/C14H19N3O3S/c1-10(2)21(19,20)15-13-11(3)16(4)17(14(13)18)12-8-6-5-7-9-12/h5-10,15H,1-4H3. The first-order chi connectivity index (χ1) is 9.75. The molecule has 0 aliphatic carbocycles. The van der Waals surface area contributed by atoms with Crippen LogP contribution in [0.3, 0.4) is 0 Å². The summed E-state index contributed by atoms with van der Waals surface area (Å²) >= 11 is 0. The minimum Gasteiger partial charge on any atom is -0.283 e. The molecule has 1 aromatic heterocycles. The SMILES string of the molecule is Cc1c(NS(=O)(=O)C(C)C)c(=O)n(-c2ccccc2)n1C. The van der Waals surface area contributed by atoms with E-state index in [0.29, 0.717) is 11.4 Å². The van der Waals surface area contributed by atoms with Crippen molar-refractivity contribution in [3.8, 4) is 5.69 Å². The van der Waals surface area contributed by atoms with Crippen LogP contribution in [0.15, 0.2) is 35.1 Å². The normalized spacial score (nSPS) is 11.9. The molecule has 0 amide bonds. The molecule has 0 fully saturated rings. The molecule has 0 unspecified atom stereocenters. The molecular formula is C14H19N3O3S. The van der Waals surface area contributed by atoms with Gasteiger partial charge in [-0.05, 0) is 32.9 Å². The molecule has 0 aliphatic heterocycles. The third-order valence-electron chi connectivity index (χ3n) is 3.42. The lowest BCUT2D eigenvalue weighted by molar-refractivity contribution is 0.592. The fourth-order valence-electron chi connectivity index (χ4n) is 1.95. The summed E-state index contributed by atoms with van der Waals surface area (Å²) in [5, 5.41) is -0.610. The minimum atomic E-state index is -3.56. The van der Waals surface area contributed by atoms with Gasteiger partial charge in [-0.25, -0.2) is 13.1 Å². The average molecular weight is 309 g/mol. The highest BCUT2D eigenvalue weighted by molar-refractivity contribution is 7.93. The van der Waals surface area contributed by atoms with Gasteiger partial charge in [0.1, 0.15) is 5.69 Å².